The van der Waals surface area contributed by atoms with Crippen LogP contribution in [0.25, 0.3) is 0 Å². The van der Waals surface area contributed by atoms with Crippen molar-refractivity contribution in [2.24, 2.45) is 0 Å². The van der Waals surface area contributed by atoms with E-state index in [0.29, 0.717) is 18.3 Å². The van der Waals surface area contributed by atoms with Crippen molar-refractivity contribution in [2.45, 2.75) is 84.2 Å². The Kier molecular flexibility index (Phi) is 4.60. The van der Waals surface area contributed by atoms with E-state index < -0.39 is 0 Å². The third-order valence-electron chi connectivity index (χ3n) is 2.61. The maximum Gasteiger partial charge on any atom is 0.0602 e. The van der Waals surface area contributed by atoms with Gasteiger partial charge in [0.25, 0.3) is 0 Å². The molecule has 0 aromatic carbocycles. The second-order valence-electron chi connectivity index (χ2n) is 5.81. The first-order valence-corrected chi connectivity index (χ1v) is 6.20. The quantitative estimate of drug-likeness (QED) is 0.715. The van der Waals surface area contributed by atoms with E-state index in [9.17, 15) is 0 Å². The fourth-order valence-corrected chi connectivity index (χ4v) is 2.17. The van der Waals surface area contributed by atoms with Crippen LogP contribution < -0.4 is 0 Å². The minimum Gasteiger partial charge on any atom is -0.376 e. The van der Waals surface area contributed by atoms with Crippen molar-refractivity contribution in [1.29, 1.82) is 0 Å². The molecule has 0 unspecified atom stereocenters. The average Bonchev–Trinajstić information content (AvgIpc) is 2.05. The van der Waals surface area contributed by atoms with Gasteiger partial charge in [0.2, 0.25) is 0 Å². The van der Waals surface area contributed by atoms with E-state index in [1.807, 2.05) is 0 Å². The highest BCUT2D eigenvalue weighted by molar-refractivity contribution is 4.76. The van der Waals surface area contributed by atoms with E-state index >= 15 is 0 Å². The first-order chi connectivity index (χ1) is 6.87. The standard InChI is InChI=1S/C13H26O2/c1-10(2)14-11-6-8-12(9-7-11)15-13(3,4)5/h10-12H,6-9H2,1-5H3. The molecule has 0 aliphatic heterocycles. The lowest BCUT2D eigenvalue weighted by molar-refractivity contribution is -0.0997. The van der Waals surface area contributed by atoms with Gasteiger partial charge in [0.1, 0.15) is 0 Å². The van der Waals surface area contributed by atoms with Crippen molar-refractivity contribution in [2.75, 3.05) is 0 Å². The van der Waals surface area contributed by atoms with Gasteiger partial charge < -0.3 is 9.47 Å². The fraction of sp³-hybridized carbons (Fsp3) is 1.00. The molecule has 1 saturated carbocycles. The van der Waals surface area contributed by atoms with Crippen LogP contribution >= 0.6 is 0 Å². The largest absolute Gasteiger partial charge is 0.376 e. The lowest BCUT2D eigenvalue weighted by atomic mass is 9.94. The average molecular weight is 214 g/mol. The second kappa shape index (κ2) is 5.31. The molecule has 0 heterocycles. The maximum absolute atomic E-state index is 5.98. The molecule has 1 rings (SSSR count). The zero-order valence-corrected chi connectivity index (χ0v) is 10.9. The summed E-state index contributed by atoms with van der Waals surface area (Å²) >= 11 is 0. The Morgan fingerprint density at radius 3 is 1.80 bits per heavy atom. The lowest BCUT2D eigenvalue weighted by Gasteiger charge is -2.34. The molecular weight excluding hydrogens is 188 g/mol. The monoisotopic (exact) mass is 214 g/mol. The molecule has 0 radical (unpaired) electrons. The summed E-state index contributed by atoms with van der Waals surface area (Å²) in [7, 11) is 0. The van der Waals surface area contributed by atoms with Crippen molar-refractivity contribution >= 4 is 0 Å². The summed E-state index contributed by atoms with van der Waals surface area (Å²) in [5.74, 6) is 0. The van der Waals surface area contributed by atoms with Crippen molar-refractivity contribution in [1.82, 2.24) is 0 Å². The van der Waals surface area contributed by atoms with Gasteiger partial charge >= 0.3 is 0 Å². The van der Waals surface area contributed by atoms with E-state index in [4.69, 9.17) is 9.47 Å². The Bertz CT molecular complexity index is 173. The molecule has 1 fully saturated rings. The van der Waals surface area contributed by atoms with Crippen molar-refractivity contribution in [3.8, 4) is 0 Å². The molecule has 2 heteroatoms. The van der Waals surface area contributed by atoms with E-state index in [-0.39, 0.29) is 5.60 Å². The highest BCUT2D eigenvalue weighted by atomic mass is 16.5. The van der Waals surface area contributed by atoms with Gasteiger partial charge in [-0.3, -0.25) is 0 Å². The third kappa shape index (κ3) is 5.53. The van der Waals surface area contributed by atoms with Gasteiger partial charge in [-0.15, -0.1) is 0 Å². The molecule has 15 heavy (non-hydrogen) atoms. The molecule has 0 N–H and O–H groups in total. The molecule has 0 amide bonds. The van der Waals surface area contributed by atoms with Crippen molar-refractivity contribution in [3.05, 3.63) is 0 Å². The van der Waals surface area contributed by atoms with Crippen molar-refractivity contribution in [3.63, 3.8) is 0 Å². The van der Waals surface area contributed by atoms with Crippen LogP contribution in [0.15, 0.2) is 0 Å². The van der Waals surface area contributed by atoms with Gasteiger partial charge in [-0.25, -0.2) is 0 Å². The van der Waals surface area contributed by atoms with Gasteiger partial charge in [-0.05, 0) is 60.3 Å². The topological polar surface area (TPSA) is 18.5 Å². The van der Waals surface area contributed by atoms with Crippen LogP contribution in [-0.4, -0.2) is 23.9 Å². The SMILES string of the molecule is CC(C)OC1CCC(OC(C)(C)C)CC1. The smallest absolute Gasteiger partial charge is 0.0602 e. The Morgan fingerprint density at radius 1 is 0.933 bits per heavy atom. The Hall–Kier alpha value is -0.0800. The van der Waals surface area contributed by atoms with Crippen LogP contribution in [0.1, 0.15) is 60.3 Å². The number of rotatable bonds is 3. The summed E-state index contributed by atoms with van der Waals surface area (Å²) < 4.78 is 11.8. The number of hydrogen-bond acceptors (Lipinski definition) is 2. The second-order valence-corrected chi connectivity index (χ2v) is 5.81. The minimum atomic E-state index is -0.00356. The van der Waals surface area contributed by atoms with Crippen LogP contribution in [0.5, 0.6) is 0 Å². The zero-order chi connectivity index (χ0) is 11.5. The fourth-order valence-electron chi connectivity index (χ4n) is 2.17. The van der Waals surface area contributed by atoms with Gasteiger partial charge in [-0.2, -0.15) is 0 Å². The lowest BCUT2D eigenvalue weighted by Crippen LogP contribution is -2.33. The zero-order valence-electron chi connectivity index (χ0n) is 10.9. The molecule has 90 valence electrons. The normalized spacial score (nSPS) is 28.4. The summed E-state index contributed by atoms with van der Waals surface area (Å²) in [6.07, 6.45) is 5.86. The predicted molar refractivity (Wildman–Crippen MR) is 63.1 cm³/mol. The molecule has 0 bridgehead atoms. The number of ether oxygens (including phenoxy) is 2. The minimum absolute atomic E-state index is 0.00356. The molecule has 1 aliphatic carbocycles. The van der Waals surface area contributed by atoms with Crippen LogP contribution in [0, 0.1) is 0 Å². The number of hydrogen-bond donors (Lipinski definition) is 0. The summed E-state index contributed by atoms with van der Waals surface area (Å²) in [5, 5.41) is 0. The van der Waals surface area contributed by atoms with E-state index in [1.165, 1.54) is 0 Å². The summed E-state index contributed by atoms with van der Waals surface area (Å²) in [5.41, 5.74) is -0.00356. The molecule has 0 aromatic rings. The molecule has 0 spiro atoms. The Labute approximate surface area is 94.3 Å². The first-order valence-electron chi connectivity index (χ1n) is 6.20. The highest BCUT2D eigenvalue weighted by Gasteiger charge is 2.26. The molecule has 1 aliphatic rings. The van der Waals surface area contributed by atoms with E-state index in [0.717, 1.165) is 25.7 Å². The molecule has 0 aromatic heterocycles. The van der Waals surface area contributed by atoms with Gasteiger partial charge in [0, 0.05) is 0 Å². The van der Waals surface area contributed by atoms with Gasteiger partial charge in [0.05, 0.1) is 23.9 Å². The molecular formula is C13H26O2. The predicted octanol–water partition coefficient (Wildman–Crippen LogP) is 3.54. The third-order valence-corrected chi connectivity index (χ3v) is 2.61. The molecule has 0 atom stereocenters. The maximum atomic E-state index is 5.98. The first kappa shape index (κ1) is 13.0. The summed E-state index contributed by atoms with van der Waals surface area (Å²) in [6.45, 7) is 10.6. The van der Waals surface area contributed by atoms with Crippen LogP contribution in [0.3, 0.4) is 0 Å². The van der Waals surface area contributed by atoms with Gasteiger partial charge in [0.15, 0.2) is 0 Å². The van der Waals surface area contributed by atoms with Crippen LogP contribution in [0.2, 0.25) is 0 Å². The van der Waals surface area contributed by atoms with E-state index in [1.54, 1.807) is 0 Å². The van der Waals surface area contributed by atoms with Crippen LogP contribution in [-0.2, 0) is 9.47 Å². The Morgan fingerprint density at radius 2 is 1.40 bits per heavy atom. The van der Waals surface area contributed by atoms with Gasteiger partial charge in [-0.1, -0.05) is 0 Å². The van der Waals surface area contributed by atoms with Crippen LogP contribution in [0.4, 0.5) is 0 Å². The highest BCUT2D eigenvalue weighted by Crippen LogP contribution is 2.27. The molecule has 0 saturated heterocycles. The summed E-state index contributed by atoms with van der Waals surface area (Å²) in [6, 6.07) is 0. The van der Waals surface area contributed by atoms with Crippen molar-refractivity contribution < 1.29 is 9.47 Å². The van der Waals surface area contributed by atoms with E-state index in [2.05, 4.69) is 34.6 Å². The molecule has 2 nitrogen and oxygen atoms in total. The Balaban J connectivity index is 2.24. The summed E-state index contributed by atoms with van der Waals surface area (Å²) in [4.78, 5) is 0.